The number of anilines is 1. The van der Waals surface area contributed by atoms with Crippen molar-refractivity contribution in [2.75, 3.05) is 24.6 Å². The molecule has 1 aliphatic heterocycles. The van der Waals surface area contributed by atoms with Crippen molar-refractivity contribution in [3.05, 3.63) is 28.4 Å². The first-order valence-corrected chi connectivity index (χ1v) is 6.90. The lowest BCUT2D eigenvalue weighted by Gasteiger charge is -2.40. The van der Waals surface area contributed by atoms with E-state index in [1.54, 1.807) is 6.07 Å². The molecular formula is C13H17N5O3. The predicted molar refractivity (Wildman–Crippen MR) is 76.5 cm³/mol. The number of imidazole rings is 1. The Balaban J connectivity index is 1.97. The molecule has 0 saturated carbocycles. The Morgan fingerprint density at radius 3 is 3.05 bits per heavy atom. The Hall–Kier alpha value is -2.22. The number of hydrogen-bond donors (Lipinski definition) is 0. The molecule has 0 amide bonds. The van der Waals surface area contributed by atoms with E-state index in [1.807, 2.05) is 6.07 Å². The van der Waals surface area contributed by atoms with Crippen LogP contribution in [0.5, 0.6) is 0 Å². The number of aromatic nitrogens is 3. The zero-order valence-corrected chi connectivity index (χ0v) is 12.0. The standard InChI is InChI=1S/C13H17N5O3/c1-3-13(2)9-16(6-7-21-13)11-5-4-10-14-8-12(18(19)20)17(10)15-11/h4-5,8H,3,6-7,9H2,1-2H3. The first kappa shape index (κ1) is 13.7. The van der Waals surface area contributed by atoms with Gasteiger partial charge in [-0.05, 0) is 24.3 Å². The summed E-state index contributed by atoms with van der Waals surface area (Å²) in [6, 6.07) is 3.58. The van der Waals surface area contributed by atoms with Gasteiger partial charge < -0.3 is 19.8 Å². The molecule has 21 heavy (non-hydrogen) atoms. The van der Waals surface area contributed by atoms with E-state index in [4.69, 9.17) is 4.74 Å². The molecule has 0 radical (unpaired) electrons. The van der Waals surface area contributed by atoms with Crippen LogP contribution in [0.2, 0.25) is 0 Å². The molecule has 1 aliphatic rings. The van der Waals surface area contributed by atoms with E-state index < -0.39 is 4.92 Å². The third-order valence-corrected chi connectivity index (χ3v) is 3.93. The SMILES string of the molecule is CCC1(C)CN(c2ccc3ncc([N+](=O)[O-])n3n2)CCO1. The second-order valence-corrected chi connectivity index (χ2v) is 5.41. The van der Waals surface area contributed by atoms with Gasteiger partial charge in [-0.2, -0.15) is 0 Å². The molecule has 2 aromatic heterocycles. The summed E-state index contributed by atoms with van der Waals surface area (Å²) in [5, 5.41) is 15.3. The van der Waals surface area contributed by atoms with Gasteiger partial charge in [0.1, 0.15) is 6.20 Å². The first-order valence-electron chi connectivity index (χ1n) is 6.90. The third-order valence-electron chi connectivity index (χ3n) is 3.93. The number of morpholine rings is 1. The highest BCUT2D eigenvalue weighted by Crippen LogP contribution is 2.25. The van der Waals surface area contributed by atoms with E-state index >= 15 is 0 Å². The van der Waals surface area contributed by atoms with E-state index in [0.717, 1.165) is 13.0 Å². The molecule has 3 rings (SSSR count). The van der Waals surface area contributed by atoms with Gasteiger partial charge in [-0.25, -0.2) is 4.98 Å². The molecule has 0 aliphatic carbocycles. The molecule has 3 heterocycles. The monoisotopic (exact) mass is 291 g/mol. The number of fused-ring (bicyclic) bond motifs is 1. The maximum Gasteiger partial charge on any atom is 0.368 e. The minimum atomic E-state index is -0.480. The fraction of sp³-hybridized carbons (Fsp3) is 0.538. The van der Waals surface area contributed by atoms with Crippen molar-refractivity contribution in [1.82, 2.24) is 14.6 Å². The molecule has 1 unspecified atom stereocenters. The van der Waals surface area contributed by atoms with Crippen LogP contribution in [-0.4, -0.2) is 44.8 Å². The minimum Gasteiger partial charge on any atom is -0.372 e. The van der Waals surface area contributed by atoms with Crippen LogP contribution in [0.1, 0.15) is 20.3 Å². The molecule has 0 N–H and O–H groups in total. The van der Waals surface area contributed by atoms with Crippen molar-refractivity contribution in [2.24, 2.45) is 0 Å². The first-order chi connectivity index (χ1) is 10.0. The lowest BCUT2D eigenvalue weighted by molar-refractivity contribution is -0.391. The number of nitro groups is 1. The fourth-order valence-corrected chi connectivity index (χ4v) is 2.48. The van der Waals surface area contributed by atoms with Crippen LogP contribution in [0, 0.1) is 10.1 Å². The summed E-state index contributed by atoms with van der Waals surface area (Å²) < 4.78 is 7.08. The number of rotatable bonds is 3. The summed E-state index contributed by atoms with van der Waals surface area (Å²) in [5.41, 5.74) is 0.257. The lowest BCUT2D eigenvalue weighted by atomic mass is 10.0. The molecular weight excluding hydrogens is 274 g/mol. The van der Waals surface area contributed by atoms with Crippen LogP contribution >= 0.6 is 0 Å². The number of hydrogen-bond acceptors (Lipinski definition) is 6. The van der Waals surface area contributed by atoms with E-state index in [2.05, 4.69) is 28.8 Å². The highest BCUT2D eigenvalue weighted by Gasteiger charge is 2.31. The van der Waals surface area contributed by atoms with Crippen molar-refractivity contribution in [3.63, 3.8) is 0 Å². The highest BCUT2D eigenvalue weighted by molar-refractivity contribution is 5.49. The summed E-state index contributed by atoms with van der Waals surface area (Å²) in [5.74, 6) is 0.574. The van der Waals surface area contributed by atoms with E-state index in [9.17, 15) is 10.1 Å². The quantitative estimate of drug-likeness (QED) is 0.631. The highest BCUT2D eigenvalue weighted by atomic mass is 16.6. The Morgan fingerprint density at radius 1 is 1.52 bits per heavy atom. The molecule has 0 bridgehead atoms. The largest absolute Gasteiger partial charge is 0.372 e. The minimum absolute atomic E-state index is 0.127. The number of nitrogens with zero attached hydrogens (tertiary/aromatic N) is 5. The summed E-state index contributed by atoms with van der Waals surface area (Å²) in [6.45, 7) is 6.20. The normalized spacial score (nSPS) is 22.7. The van der Waals surface area contributed by atoms with Gasteiger partial charge in [-0.15, -0.1) is 0 Å². The predicted octanol–water partition coefficient (Wildman–Crippen LogP) is 1.64. The van der Waals surface area contributed by atoms with Crippen molar-refractivity contribution in [1.29, 1.82) is 0 Å². The zero-order chi connectivity index (χ0) is 15.0. The van der Waals surface area contributed by atoms with Crippen molar-refractivity contribution in [2.45, 2.75) is 25.9 Å². The molecule has 1 atom stereocenters. The smallest absolute Gasteiger partial charge is 0.368 e. The summed E-state index contributed by atoms with van der Waals surface area (Å²) in [7, 11) is 0. The fourth-order valence-electron chi connectivity index (χ4n) is 2.48. The average molecular weight is 291 g/mol. The second-order valence-electron chi connectivity index (χ2n) is 5.41. The zero-order valence-electron chi connectivity index (χ0n) is 12.0. The second kappa shape index (κ2) is 4.96. The van der Waals surface area contributed by atoms with Gasteiger partial charge in [0.2, 0.25) is 5.65 Å². The molecule has 8 nitrogen and oxygen atoms in total. The van der Waals surface area contributed by atoms with Gasteiger partial charge in [0.05, 0.1) is 12.2 Å². The van der Waals surface area contributed by atoms with Crippen molar-refractivity contribution < 1.29 is 9.66 Å². The van der Waals surface area contributed by atoms with Gasteiger partial charge in [0, 0.05) is 19.2 Å². The molecule has 8 heteroatoms. The maximum atomic E-state index is 11.0. The molecule has 1 fully saturated rings. The van der Waals surface area contributed by atoms with Crippen molar-refractivity contribution >= 4 is 17.3 Å². The maximum absolute atomic E-state index is 11.0. The van der Waals surface area contributed by atoms with Gasteiger partial charge in [0.25, 0.3) is 0 Å². The van der Waals surface area contributed by atoms with Crippen LogP contribution in [-0.2, 0) is 4.74 Å². The summed E-state index contributed by atoms with van der Waals surface area (Å²) in [6.07, 6.45) is 2.12. The van der Waals surface area contributed by atoms with E-state index in [1.165, 1.54) is 10.7 Å². The average Bonchev–Trinajstić information content (AvgIpc) is 2.90. The summed E-state index contributed by atoms with van der Waals surface area (Å²) in [4.78, 5) is 16.6. The lowest BCUT2D eigenvalue weighted by Crippen LogP contribution is -2.50. The Labute approximate surface area is 121 Å². The van der Waals surface area contributed by atoms with Gasteiger partial charge in [-0.3, -0.25) is 0 Å². The van der Waals surface area contributed by atoms with E-state index in [0.29, 0.717) is 24.6 Å². The Morgan fingerprint density at radius 2 is 2.33 bits per heavy atom. The van der Waals surface area contributed by atoms with Gasteiger partial charge in [0.15, 0.2) is 5.82 Å². The Bertz CT molecular complexity index is 685. The van der Waals surface area contributed by atoms with Crippen LogP contribution in [0.15, 0.2) is 18.3 Å². The number of ether oxygens (including phenoxy) is 1. The van der Waals surface area contributed by atoms with Crippen LogP contribution < -0.4 is 4.90 Å². The Kier molecular flexibility index (Phi) is 3.25. The molecule has 0 aromatic carbocycles. The molecule has 2 aromatic rings. The van der Waals surface area contributed by atoms with E-state index in [-0.39, 0.29) is 11.4 Å². The third kappa shape index (κ3) is 2.42. The molecule has 1 saturated heterocycles. The van der Waals surface area contributed by atoms with Gasteiger partial charge in [-0.1, -0.05) is 16.5 Å². The van der Waals surface area contributed by atoms with Gasteiger partial charge >= 0.3 is 5.82 Å². The molecule has 112 valence electrons. The van der Waals surface area contributed by atoms with Crippen LogP contribution in [0.4, 0.5) is 11.6 Å². The molecule has 0 spiro atoms. The van der Waals surface area contributed by atoms with Crippen LogP contribution in [0.25, 0.3) is 5.65 Å². The topological polar surface area (TPSA) is 85.8 Å². The summed E-state index contributed by atoms with van der Waals surface area (Å²) >= 11 is 0. The van der Waals surface area contributed by atoms with Crippen molar-refractivity contribution in [3.8, 4) is 0 Å². The van der Waals surface area contributed by atoms with Crippen LogP contribution in [0.3, 0.4) is 0 Å².